The summed E-state index contributed by atoms with van der Waals surface area (Å²) >= 11 is 0. The summed E-state index contributed by atoms with van der Waals surface area (Å²) in [5.41, 5.74) is -0.248. The second kappa shape index (κ2) is 5.64. The van der Waals surface area contributed by atoms with Gasteiger partial charge in [0.25, 0.3) is 0 Å². The number of nitrogens with one attached hydrogen (secondary N) is 1. The van der Waals surface area contributed by atoms with Gasteiger partial charge < -0.3 is 10.4 Å². The molecule has 0 radical (unpaired) electrons. The highest BCUT2D eigenvalue weighted by Crippen LogP contribution is 2.35. The highest BCUT2D eigenvalue weighted by Gasteiger charge is 2.38. The van der Waals surface area contributed by atoms with Crippen molar-refractivity contribution >= 4 is 11.9 Å². The summed E-state index contributed by atoms with van der Waals surface area (Å²) in [7, 11) is 0. The fourth-order valence-electron chi connectivity index (χ4n) is 2.19. The van der Waals surface area contributed by atoms with E-state index in [2.05, 4.69) is 15.3 Å². The van der Waals surface area contributed by atoms with Gasteiger partial charge in [-0.15, -0.1) is 0 Å². The van der Waals surface area contributed by atoms with E-state index < -0.39 is 17.8 Å². The van der Waals surface area contributed by atoms with E-state index in [-0.39, 0.29) is 24.5 Å². The van der Waals surface area contributed by atoms with E-state index in [1.165, 1.54) is 0 Å². The van der Waals surface area contributed by atoms with E-state index in [1.807, 2.05) is 0 Å². The van der Waals surface area contributed by atoms with E-state index in [4.69, 9.17) is 5.11 Å². The van der Waals surface area contributed by atoms with Gasteiger partial charge in [-0.05, 0) is 25.7 Å². The minimum atomic E-state index is -4.49. The third kappa shape index (κ3) is 3.37. The predicted octanol–water partition coefficient (Wildman–Crippen LogP) is 2.26. The van der Waals surface area contributed by atoms with Crippen molar-refractivity contribution < 1.29 is 23.1 Å². The zero-order valence-electron chi connectivity index (χ0n) is 10.6. The number of carboxylic acid groups (broad SMARTS) is 1. The van der Waals surface area contributed by atoms with Crippen LogP contribution in [-0.2, 0) is 23.8 Å². The number of hydrogen-bond acceptors (Lipinski definition) is 4. The monoisotopic (exact) mass is 289 g/mol. The summed E-state index contributed by atoms with van der Waals surface area (Å²) in [6, 6.07) is 0. The van der Waals surface area contributed by atoms with Crippen LogP contribution in [0.2, 0.25) is 0 Å². The van der Waals surface area contributed by atoms with Gasteiger partial charge in [0.05, 0.1) is 0 Å². The maximum Gasteiger partial charge on any atom is 0.433 e. The molecule has 0 unspecified atom stereocenters. The van der Waals surface area contributed by atoms with Crippen molar-refractivity contribution in [2.75, 3.05) is 11.9 Å². The van der Waals surface area contributed by atoms with Crippen LogP contribution in [0.15, 0.2) is 0 Å². The third-order valence-electron chi connectivity index (χ3n) is 3.05. The Labute approximate surface area is 113 Å². The molecule has 0 saturated carbocycles. The van der Waals surface area contributed by atoms with Crippen LogP contribution in [0.1, 0.15) is 36.2 Å². The summed E-state index contributed by atoms with van der Waals surface area (Å²) in [4.78, 5) is 18.0. The smallest absolute Gasteiger partial charge is 0.433 e. The largest absolute Gasteiger partial charge is 0.481 e. The van der Waals surface area contributed by atoms with E-state index in [0.29, 0.717) is 31.4 Å². The summed E-state index contributed by atoms with van der Waals surface area (Å²) in [5, 5.41) is 11.1. The first kappa shape index (κ1) is 14.5. The molecule has 110 valence electrons. The Balaban J connectivity index is 2.13. The number of anilines is 1. The van der Waals surface area contributed by atoms with Crippen LogP contribution >= 0.6 is 0 Å². The Bertz CT molecular complexity index is 517. The van der Waals surface area contributed by atoms with E-state index in [1.54, 1.807) is 0 Å². The molecule has 1 heterocycles. The first-order valence-corrected chi connectivity index (χ1v) is 6.30. The van der Waals surface area contributed by atoms with Crippen LogP contribution in [-0.4, -0.2) is 27.6 Å². The second-order valence-corrected chi connectivity index (χ2v) is 4.60. The summed E-state index contributed by atoms with van der Waals surface area (Å²) in [6.07, 6.45) is -2.72. The first-order valence-electron chi connectivity index (χ1n) is 6.30. The van der Waals surface area contributed by atoms with Crippen LogP contribution in [0.25, 0.3) is 0 Å². The zero-order chi connectivity index (χ0) is 14.8. The molecule has 0 fully saturated rings. The standard InChI is InChI=1S/C12H14F3N3O2/c13-12(14,15)10-7-3-1-4-8(7)17-11(18-10)16-6-2-5-9(19)20/h1-6H2,(H,19,20)(H,16,17,18). The number of alkyl halides is 3. The molecule has 2 N–H and O–H groups in total. The third-order valence-corrected chi connectivity index (χ3v) is 3.05. The Hall–Kier alpha value is -1.86. The molecule has 1 aliphatic carbocycles. The molecule has 0 atom stereocenters. The zero-order valence-corrected chi connectivity index (χ0v) is 10.6. The normalized spacial score (nSPS) is 14.2. The molecule has 0 amide bonds. The van der Waals surface area contributed by atoms with Crippen molar-refractivity contribution in [3.8, 4) is 0 Å². The highest BCUT2D eigenvalue weighted by molar-refractivity contribution is 5.66. The quantitative estimate of drug-likeness (QED) is 0.813. The minimum absolute atomic E-state index is 0.0515. The number of aryl methyl sites for hydroxylation is 1. The molecule has 0 aliphatic heterocycles. The van der Waals surface area contributed by atoms with Crippen LogP contribution < -0.4 is 5.32 Å². The Morgan fingerprint density at radius 1 is 1.30 bits per heavy atom. The average Bonchev–Trinajstić information content (AvgIpc) is 2.80. The summed E-state index contributed by atoms with van der Waals surface area (Å²) in [6.45, 7) is 0.225. The fourth-order valence-corrected chi connectivity index (χ4v) is 2.19. The molecule has 1 aromatic rings. The maximum atomic E-state index is 12.9. The molecule has 0 aromatic carbocycles. The Kier molecular flexibility index (Phi) is 4.10. The molecule has 20 heavy (non-hydrogen) atoms. The van der Waals surface area contributed by atoms with E-state index in [0.717, 1.165) is 0 Å². The molecule has 1 aromatic heterocycles. The van der Waals surface area contributed by atoms with E-state index >= 15 is 0 Å². The lowest BCUT2D eigenvalue weighted by Crippen LogP contribution is -2.16. The minimum Gasteiger partial charge on any atom is -0.481 e. The van der Waals surface area contributed by atoms with Crippen molar-refractivity contribution in [3.63, 3.8) is 0 Å². The van der Waals surface area contributed by atoms with Gasteiger partial charge in [0.2, 0.25) is 5.95 Å². The van der Waals surface area contributed by atoms with Crippen LogP contribution in [0.4, 0.5) is 19.1 Å². The van der Waals surface area contributed by atoms with E-state index in [9.17, 15) is 18.0 Å². The predicted molar refractivity (Wildman–Crippen MR) is 64.4 cm³/mol. The van der Waals surface area contributed by atoms with Gasteiger partial charge in [-0.3, -0.25) is 4.79 Å². The molecular formula is C12H14F3N3O2. The number of aromatic nitrogens is 2. The maximum absolute atomic E-state index is 12.9. The first-order chi connectivity index (χ1) is 9.38. The number of carbonyl (C=O) groups is 1. The SMILES string of the molecule is O=C(O)CCCNc1nc2c(c(C(F)(F)F)n1)CCC2. The fraction of sp³-hybridized carbons (Fsp3) is 0.583. The molecule has 0 bridgehead atoms. The lowest BCUT2D eigenvalue weighted by Gasteiger charge is -2.13. The number of hydrogen-bond donors (Lipinski definition) is 2. The van der Waals surface area contributed by atoms with Crippen LogP contribution in [0.3, 0.4) is 0 Å². The van der Waals surface area contributed by atoms with Crippen molar-refractivity contribution in [1.82, 2.24) is 9.97 Å². The summed E-state index contributed by atoms with van der Waals surface area (Å²) < 4.78 is 38.8. The molecule has 1 aliphatic rings. The number of fused-ring (bicyclic) bond motifs is 1. The van der Waals surface area contributed by atoms with Crippen LogP contribution in [0.5, 0.6) is 0 Å². The lowest BCUT2D eigenvalue weighted by molar-refractivity contribution is -0.141. The molecular weight excluding hydrogens is 275 g/mol. The second-order valence-electron chi connectivity index (χ2n) is 4.60. The van der Waals surface area contributed by atoms with Gasteiger partial charge in [0.15, 0.2) is 5.69 Å². The van der Waals surface area contributed by atoms with Gasteiger partial charge >= 0.3 is 12.1 Å². The van der Waals surface area contributed by atoms with Crippen molar-refractivity contribution in [2.24, 2.45) is 0 Å². The molecule has 0 spiro atoms. The molecule has 2 rings (SSSR count). The van der Waals surface area contributed by atoms with Crippen molar-refractivity contribution in [2.45, 2.75) is 38.3 Å². The lowest BCUT2D eigenvalue weighted by atomic mass is 10.2. The number of nitrogens with zero attached hydrogens (tertiary/aromatic N) is 2. The average molecular weight is 289 g/mol. The van der Waals surface area contributed by atoms with Gasteiger partial charge in [-0.2, -0.15) is 13.2 Å². The van der Waals surface area contributed by atoms with Crippen molar-refractivity contribution in [3.05, 3.63) is 17.0 Å². The van der Waals surface area contributed by atoms with Gasteiger partial charge in [-0.25, -0.2) is 9.97 Å². The Morgan fingerprint density at radius 3 is 2.70 bits per heavy atom. The van der Waals surface area contributed by atoms with Crippen LogP contribution in [0, 0.1) is 0 Å². The number of carboxylic acids is 1. The number of rotatable bonds is 5. The molecule has 0 saturated heterocycles. The highest BCUT2D eigenvalue weighted by atomic mass is 19.4. The number of halogens is 3. The van der Waals surface area contributed by atoms with Gasteiger partial charge in [0, 0.05) is 24.2 Å². The number of aliphatic carboxylic acids is 1. The topological polar surface area (TPSA) is 75.1 Å². The summed E-state index contributed by atoms with van der Waals surface area (Å²) in [5.74, 6) is -1.03. The molecule has 5 nitrogen and oxygen atoms in total. The van der Waals surface area contributed by atoms with Gasteiger partial charge in [-0.1, -0.05) is 0 Å². The molecule has 8 heteroatoms. The Morgan fingerprint density at radius 2 is 2.05 bits per heavy atom. The van der Waals surface area contributed by atoms with Gasteiger partial charge in [0.1, 0.15) is 0 Å². The van der Waals surface area contributed by atoms with Crippen molar-refractivity contribution in [1.29, 1.82) is 0 Å².